The van der Waals surface area contributed by atoms with Gasteiger partial charge in [0.25, 0.3) is 0 Å². The summed E-state index contributed by atoms with van der Waals surface area (Å²) in [6.07, 6.45) is 6.07. The molecule has 1 fully saturated rings. The second kappa shape index (κ2) is 7.71. The average molecular weight is 357 g/mol. The van der Waals surface area contributed by atoms with Gasteiger partial charge in [-0.25, -0.2) is 0 Å². The number of halogens is 1. The lowest BCUT2D eigenvalue weighted by molar-refractivity contribution is 0.667. The molecule has 112 valence electrons. The fraction of sp³-hybridized carbons (Fsp3) is 0.625. The van der Waals surface area contributed by atoms with Gasteiger partial charge in [0.05, 0.1) is 5.69 Å². The molecule has 1 aromatic rings. The molecule has 0 spiro atoms. The molecule has 20 heavy (non-hydrogen) atoms. The molecule has 0 saturated heterocycles. The molecule has 0 bridgehead atoms. The Labute approximate surface area is 135 Å². The maximum absolute atomic E-state index is 3.73. The Morgan fingerprint density at radius 3 is 2.80 bits per heavy atom. The van der Waals surface area contributed by atoms with Crippen molar-refractivity contribution in [2.75, 3.05) is 24.0 Å². The van der Waals surface area contributed by atoms with Crippen molar-refractivity contribution >= 4 is 33.4 Å². The number of nitrogens with zero attached hydrogens (tertiary/aromatic N) is 1. The Morgan fingerprint density at radius 1 is 1.45 bits per heavy atom. The molecule has 1 aromatic carbocycles. The van der Waals surface area contributed by atoms with Crippen molar-refractivity contribution in [2.45, 2.75) is 44.8 Å². The second-order valence-electron chi connectivity index (χ2n) is 5.68. The smallest absolute Gasteiger partial charge is 0.0510 e. The van der Waals surface area contributed by atoms with Gasteiger partial charge >= 0.3 is 0 Å². The maximum atomic E-state index is 3.73. The Morgan fingerprint density at radius 2 is 2.20 bits per heavy atom. The van der Waals surface area contributed by atoms with Gasteiger partial charge in [-0.3, -0.25) is 0 Å². The van der Waals surface area contributed by atoms with Crippen LogP contribution in [0, 0.1) is 0 Å². The monoisotopic (exact) mass is 356 g/mol. The minimum absolute atomic E-state index is 0.564. The van der Waals surface area contributed by atoms with Crippen LogP contribution in [0.5, 0.6) is 0 Å². The van der Waals surface area contributed by atoms with Crippen LogP contribution in [0.4, 0.5) is 5.69 Å². The first-order valence-electron chi connectivity index (χ1n) is 7.35. The van der Waals surface area contributed by atoms with Crippen molar-refractivity contribution in [3.05, 3.63) is 28.2 Å². The summed E-state index contributed by atoms with van der Waals surface area (Å²) in [5, 5.41) is 3.56. The number of hydrogen-bond donors (Lipinski definition) is 1. The largest absolute Gasteiger partial charge is 0.371 e. The van der Waals surface area contributed by atoms with E-state index in [0.717, 1.165) is 12.6 Å². The molecule has 1 atom stereocenters. The molecule has 2 rings (SSSR count). The van der Waals surface area contributed by atoms with Gasteiger partial charge in [-0.2, -0.15) is 11.8 Å². The van der Waals surface area contributed by atoms with Crippen LogP contribution in [0.25, 0.3) is 0 Å². The minimum Gasteiger partial charge on any atom is -0.371 e. The zero-order chi connectivity index (χ0) is 14.5. The van der Waals surface area contributed by atoms with E-state index in [2.05, 4.69) is 64.6 Å². The molecule has 0 heterocycles. The van der Waals surface area contributed by atoms with Crippen LogP contribution in [0.3, 0.4) is 0 Å². The standard InChI is InChI=1S/C16H25BrN2S/c1-12(8-9-20-3)19(2)16-7-4-13(10-15(16)17)11-18-14-5-6-14/h4,7,10,12,14,18H,5-6,8-9,11H2,1-3H3. The fourth-order valence-corrected chi connectivity index (χ4v) is 3.50. The van der Waals surface area contributed by atoms with E-state index >= 15 is 0 Å². The average Bonchev–Trinajstić information content (AvgIpc) is 3.26. The third kappa shape index (κ3) is 4.68. The van der Waals surface area contributed by atoms with Gasteiger partial charge in [0.15, 0.2) is 0 Å². The SMILES string of the molecule is CSCCC(C)N(C)c1ccc(CNC2CC2)cc1Br. The third-order valence-electron chi connectivity index (χ3n) is 3.97. The van der Waals surface area contributed by atoms with Crippen LogP contribution >= 0.6 is 27.7 Å². The number of hydrogen-bond acceptors (Lipinski definition) is 3. The van der Waals surface area contributed by atoms with Crippen LogP contribution in [-0.4, -0.2) is 31.1 Å². The Bertz CT molecular complexity index is 434. The van der Waals surface area contributed by atoms with Gasteiger partial charge < -0.3 is 10.2 Å². The van der Waals surface area contributed by atoms with Gasteiger partial charge in [-0.05, 0) is 71.8 Å². The zero-order valence-corrected chi connectivity index (χ0v) is 15.1. The number of nitrogens with one attached hydrogen (secondary N) is 1. The molecule has 0 radical (unpaired) electrons. The summed E-state index contributed by atoms with van der Waals surface area (Å²) in [6, 6.07) is 8.07. The van der Waals surface area contributed by atoms with Crippen molar-refractivity contribution in [2.24, 2.45) is 0 Å². The van der Waals surface area contributed by atoms with E-state index < -0.39 is 0 Å². The third-order valence-corrected chi connectivity index (χ3v) is 5.24. The normalized spacial score (nSPS) is 16.2. The van der Waals surface area contributed by atoms with Gasteiger partial charge in [0, 0.05) is 30.1 Å². The predicted octanol–water partition coefficient (Wildman–Crippen LogP) is 4.28. The van der Waals surface area contributed by atoms with E-state index in [1.54, 1.807) is 0 Å². The highest BCUT2D eigenvalue weighted by Gasteiger charge is 2.20. The summed E-state index contributed by atoms with van der Waals surface area (Å²) in [7, 11) is 2.19. The minimum atomic E-state index is 0.564. The van der Waals surface area contributed by atoms with Gasteiger partial charge in [-0.15, -0.1) is 0 Å². The lowest BCUT2D eigenvalue weighted by Crippen LogP contribution is -2.29. The Kier molecular flexibility index (Phi) is 6.24. The van der Waals surface area contributed by atoms with Crippen LogP contribution in [0.1, 0.15) is 31.7 Å². The maximum Gasteiger partial charge on any atom is 0.0510 e. The van der Waals surface area contributed by atoms with E-state index in [1.165, 1.54) is 40.7 Å². The molecule has 1 unspecified atom stereocenters. The molecule has 0 amide bonds. The second-order valence-corrected chi connectivity index (χ2v) is 7.52. The highest BCUT2D eigenvalue weighted by atomic mass is 79.9. The molecule has 1 aliphatic carbocycles. The molecule has 2 nitrogen and oxygen atoms in total. The Hall–Kier alpha value is -0.190. The van der Waals surface area contributed by atoms with E-state index in [4.69, 9.17) is 0 Å². The highest BCUT2D eigenvalue weighted by Crippen LogP contribution is 2.29. The number of thioether (sulfide) groups is 1. The quantitative estimate of drug-likeness (QED) is 0.748. The predicted molar refractivity (Wildman–Crippen MR) is 94.9 cm³/mol. The van der Waals surface area contributed by atoms with Crippen molar-refractivity contribution in [1.82, 2.24) is 5.32 Å². The molecule has 4 heteroatoms. The molecular weight excluding hydrogens is 332 g/mol. The first kappa shape index (κ1) is 16.2. The lowest BCUT2D eigenvalue weighted by Gasteiger charge is -2.28. The summed E-state index contributed by atoms with van der Waals surface area (Å²) in [4.78, 5) is 2.37. The lowest BCUT2D eigenvalue weighted by atomic mass is 10.1. The molecule has 1 aliphatic rings. The number of anilines is 1. The number of benzene rings is 1. The van der Waals surface area contributed by atoms with E-state index in [-0.39, 0.29) is 0 Å². The summed E-state index contributed by atoms with van der Waals surface area (Å²) in [5.41, 5.74) is 2.64. The summed E-state index contributed by atoms with van der Waals surface area (Å²) in [6.45, 7) is 3.28. The summed E-state index contributed by atoms with van der Waals surface area (Å²) in [5.74, 6) is 1.21. The van der Waals surface area contributed by atoms with Crippen LogP contribution in [0.15, 0.2) is 22.7 Å². The number of rotatable bonds is 8. The van der Waals surface area contributed by atoms with Crippen molar-refractivity contribution in [1.29, 1.82) is 0 Å². The summed E-state index contributed by atoms with van der Waals surface area (Å²) < 4.78 is 1.20. The van der Waals surface area contributed by atoms with Gasteiger partial charge in [0.2, 0.25) is 0 Å². The molecular formula is C16H25BrN2S. The van der Waals surface area contributed by atoms with E-state index in [0.29, 0.717) is 6.04 Å². The van der Waals surface area contributed by atoms with Gasteiger partial charge in [0.1, 0.15) is 0 Å². The van der Waals surface area contributed by atoms with Crippen LogP contribution < -0.4 is 10.2 Å². The first-order chi connectivity index (χ1) is 9.61. The first-order valence-corrected chi connectivity index (χ1v) is 9.54. The van der Waals surface area contributed by atoms with Crippen molar-refractivity contribution < 1.29 is 0 Å². The zero-order valence-electron chi connectivity index (χ0n) is 12.7. The van der Waals surface area contributed by atoms with Crippen molar-refractivity contribution in [3.63, 3.8) is 0 Å². The topological polar surface area (TPSA) is 15.3 Å². The fourth-order valence-electron chi connectivity index (χ4n) is 2.22. The Balaban J connectivity index is 1.96. The molecule has 1 saturated carbocycles. The molecule has 1 N–H and O–H groups in total. The van der Waals surface area contributed by atoms with Gasteiger partial charge in [-0.1, -0.05) is 6.07 Å². The highest BCUT2D eigenvalue weighted by molar-refractivity contribution is 9.10. The van der Waals surface area contributed by atoms with Crippen LogP contribution in [-0.2, 0) is 6.54 Å². The van der Waals surface area contributed by atoms with E-state index in [9.17, 15) is 0 Å². The van der Waals surface area contributed by atoms with Crippen molar-refractivity contribution in [3.8, 4) is 0 Å². The van der Waals surface area contributed by atoms with E-state index in [1.807, 2.05) is 11.8 Å². The molecule has 0 aromatic heterocycles. The summed E-state index contributed by atoms with van der Waals surface area (Å²) >= 11 is 5.65. The van der Waals surface area contributed by atoms with Crippen LogP contribution in [0.2, 0.25) is 0 Å². The molecule has 0 aliphatic heterocycles.